The largest absolute Gasteiger partial charge is 0.348 e. The molecule has 4 N–H and O–H groups in total. The summed E-state index contributed by atoms with van der Waals surface area (Å²) in [5, 5.41) is 2.96. The second kappa shape index (κ2) is 6.00. The summed E-state index contributed by atoms with van der Waals surface area (Å²) in [5.41, 5.74) is 5.52. The van der Waals surface area contributed by atoms with E-state index in [2.05, 4.69) is 15.3 Å². The third-order valence-electron chi connectivity index (χ3n) is 3.90. The first-order chi connectivity index (χ1) is 8.77. The van der Waals surface area contributed by atoms with Crippen molar-refractivity contribution in [1.82, 2.24) is 15.3 Å². The van der Waals surface area contributed by atoms with Crippen LogP contribution in [0.4, 0.5) is 0 Å². The van der Waals surface area contributed by atoms with Crippen molar-refractivity contribution in [3.05, 3.63) is 18.2 Å². The van der Waals surface area contributed by atoms with Gasteiger partial charge in [0.2, 0.25) is 5.91 Å². The maximum Gasteiger partial charge on any atom is 0.227 e. The molecule has 0 aromatic carbocycles. The molecule has 5 heteroatoms. The Balaban J connectivity index is 1.95. The Kier molecular flexibility index (Phi) is 4.36. The molecule has 1 aliphatic carbocycles. The summed E-state index contributed by atoms with van der Waals surface area (Å²) in [6.07, 6.45) is 9.90. The maximum absolute atomic E-state index is 12.4. The van der Waals surface area contributed by atoms with Crippen LogP contribution in [0.25, 0.3) is 0 Å². The molecule has 0 saturated heterocycles. The average molecular weight is 250 g/mol. The lowest BCUT2D eigenvalue weighted by Crippen LogP contribution is -2.45. The lowest BCUT2D eigenvalue weighted by Gasteiger charge is -2.29. The van der Waals surface area contributed by atoms with Gasteiger partial charge in [-0.15, -0.1) is 0 Å². The smallest absolute Gasteiger partial charge is 0.227 e. The van der Waals surface area contributed by atoms with Gasteiger partial charge in [0.25, 0.3) is 0 Å². The van der Waals surface area contributed by atoms with Crippen molar-refractivity contribution in [3.8, 4) is 0 Å². The molecule has 1 heterocycles. The SMILES string of the molecule is NCC1(C(=O)NCc2ncc[nH]2)CCCCCC1. The van der Waals surface area contributed by atoms with Crippen molar-refractivity contribution in [2.24, 2.45) is 11.1 Å². The van der Waals surface area contributed by atoms with Gasteiger partial charge in [0.05, 0.1) is 12.0 Å². The number of carbonyl (C=O) groups is 1. The van der Waals surface area contributed by atoms with Crippen LogP contribution in [-0.4, -0.2) is 22.4 Å². The summed E-state index contributed by atoms with van der Waals surface area (Å²) in [4.78, 5) is 19.4. The Bertz CT molecular complexity index is 366. The predicted molar refractivity (Wildman–Crippen MR) is 69.6 cm³/mol. The van der Waals surface area contributed by atoms with Gasteiger partial charge in [-0.1, -0.05) is 25.7 Å². The van der Waals surface area contributed by atoms with Gasteiger partial charge in [-0.25, -0.2) is 4.98 Å². The van der Waals surface area contributed by atoms with Crippen molar-refractivity contribution >= 4 is 5.91 Å². The van der Waals surface area contributed by atoms with Gasteiger partial charge >= 0.3 is 0 Å². The Morgan fingerprint density at radius 2 is 2.11 bits per heavy atom. The van der Waals surface area contributed by atoms with Crippen LogP contribution in [0, 0.1) is 5.41 Å². The fraction of sp³-hybridized carbons (Fsp3) is 0.692. The summed E-state index contributed by atoms with van der Waals surface area (Å²) in [6, 6.07) is 0. The van der Waals surface area contributed by atoms with Crippen molar-refractivity contribution < 1.29 is 4.79 Å². The molecule has 1 saturated carbocycles. The van der Waals surface area contributed by atoms with Crippen LogP contribution in [0.3, 0.4) is 0 Å². The summed E-state index contributed by atoms with van der Waals surface area (Å²) in [6.45, 7) is 0.893. The van der Waals surface area contributed by atoms with Crippen LogP contribution >= 0.6 is 0 Å². The molecule has 1 aliphatic rings. The lowest BCUT2D eigenvalue weighted by atomic mass is 9.79. The first-order valence-corrected chi connectivity index (χ1v) is 6.73. The Hall–Kier alpha value is -1.36. The minimum absolute atomic E-state index is 0.0864. The van der Waals surface area contributed by atoms with Gasteiger partial charge in [0.1, 0.15) is 5.82 Å². The molecule has 2 rings (SSSR count). The number of nitrogens with zero attached hydrogens (tertiary/aromatic N) is 1. The number of hydrogen-bond acceptors (Lipinski definition) is 3. The highest BCUT2D eigenvalue weighted by Gasteiger charge is 2.36. The molecule has 1 amide bonds. The summed E-state index contributed by atoms with van der Waals surface area (Å²) >= 11 is 0. The second-order valence-corrected chi connectivity index (χ2v) is 5.12. The molecule has 1 aromatic rings. The van der Waals surface area contributed by atoms with Crippen LogP contribution in [-0.2, 0) is 11.3 Å². The number of H-pyrrole nitrogens is 1. The number of aromatic nitrogens is 2. The molecular formula is C13H22N4O. The van der Waals surface area contributed by atoms with Crippen molar-refractivity contribution in [2.75, 3.05) is 6.54 Å². The minimum atomic E-state index is -0.358. The molecule has 1 aromatic heterocycles. The van der Waals surface area contributed by atoms with Crippen LogP contribution in [0.15, 0.2) is 12.4 Å². The van der Waals surface area contributed by atoms with E-state index in [9.17, 15) is 4.79 Å². The van der Waals surface area contributed by atoms with E-state index in [1.807, 2.05) is 0 Å². The first kappa shape index (κ1) is 13.1. The fourth-order valence-corrected chi connectivity index (χ4v) is 2.68. The topological polar surface area (TPSA) is 83.8 Å². The second-order valence-electron chi connectivity index (χ2n) is 5.12. The number of rotatable bonds is 4. The highest BCUT2D eigenvalue weighted by Crippen LogP contribution is 2.34. The van der Waals surface area contributed by atoms with Gasteiger partial charge in [-0.3, -0.25) is 4.79 Å². The summed E-state index contributed by atoms with van der Waals surface area (Å²) in [5.74, 6) is 0.868. The van der Waals surface area contributed by atoms with Gasteiger partial charge in [-0.05, 0) is 12.8 Å². The highest BCUT2D eigenvalue weighted by molar-refractivity contribution is 5.82. The monoisotopic (exact) mass is 250 g/mol. The summed E-state index contributed by atoms with van der Waals surface area (Å²) in [7, 11) is 0. The van der Waals surface area contributed by atoms with Crippen molar-refractivity contribution in [1.29, 1.82) is 0 Å². The molecule has 0 unspecified atom stereocenters. The van der Waals surface area contributed by atoms with Crippen LogP contribution in [0.5, 0.6) is 0 Å². The van der Waals surface area contributed by atoms with E-state index >= 15 is 0 Å². The summed E-state index contributed by atoms with van der Waals surface area (Å²) < 4.78 is 0. The number of amides is 1. The van der Waals surface area contributed by atoms with E-state index in [-0.39, 0.29) is 11.3 Å². The van der Waals surface area contributed by atoms with E-state index in [4.69, 9.17) is 5.73 Å². The zero-order valence-corrected chi connectivity index (χ0v) is 10.7. The van der Waals surface area contributed by atoms with E-state index in [1.54, 1.807) is 12.4 Å². The van der Waals surface area contributed by atoms with Crippen molar-refractivity contribution in [3.63, 3.8) is 0 Å². The molecular weight excluding hydrogens is 228 g/mol. The molecule has 5 nitrogen and oxygen atoms in total. The minimum Gasteiger partial charge on any atom is -0.348 e. The quantitative estimate of drug-likeness (QED) is 0.705. The molecule has 0 radical (unpaired) electrons. The van der Waals surface area contributed by atoms with Crippen molar-refractivity contribution in [2.45, 2.75) is 45.1 Å². The lowest BCUT2D eigenvalue weighted by molar-refractivity contribution is -0.131. The molecule has 1 fully saturated rings. The number of carbonyl (C=O) groups excluding carboxylic acids is 1. The average Bonchev–Trinajstić information content (AvgIpc) is 2.79. The number of imidazole rings is 1. The third kappa shape index (κ3) is 2.90. The van der Waals surface area contributed by atoms with Gasteiger partial charge in [0.15, 0.2) is 0 Å². The van der Waals surface area contributed by atoms with Crippen LogP contribution in [0.2, 0.25) is 0 Å². The van der Waals surface area contributed by atoms with Gasteiger partial charge < -0.3 is 16.0 Å². The highest BCUT2D eigenvalue weighted by atomic mass is 16.2. The van der Waals surface area contributed by atoms with E-state index in [1.165, 1.54) is 12.8 Å². The van der Waals surface area contributed by atoms with Gasteiger partial charge in [-0.2, -0.15) is 0 Å². The standard InChI is InChI=1S/C13H22N4O/c14-10-13(5-3-1-2-4-6-13)12(18)17-9-11-15-7-8-16-11/h7-8H,1-6,9-10,14H2,(H,15,16)(H,17,18). The molecule has 18 heavy (non-hydrogen) atoms. The Morgan fingerprint density at radius 1 is 1.39 bits per heavy atom. The van der Waals surface area contributed by atoms with Crippen LogP contribution < -0.4 is 11.1 Å². The normalized spacial score (nSPS) is 19.2. The third-order valence-corrected chi connectivity index (χ3v) is 3.90. The fourth-order valence-electron chi connectivity index (χ4n) is 2.68. The maximum atomic E-state index is 12.4. The molecule has 0 atom stereocenters. The Labute approximate surface area is 108 Å². The van der Waals surface area contributed by atoms with E-state index in [0.29, 0.717) is 13.1 Å². The number of aromatic amines is 1. The molecule has 0 spiro atoms. The zero-order chi connectivity index (χ0) is 12.8. The first-order valence-electron chi connectivity index (χ1n) is 6.73. The van der Waals surface area contributed by atoms with E-state index < -0.39 is 0 Å². The Morgan fingerprint density at radius 3 is 2.67 bits per heavy atom. The zero-order valence-electron chi connectivity index (χ0n) is 10.7. The predicted octanol–water partition coefficient (Wildman–Crippen LogP) is 1.33. The van der Waals surface area contributed by atoms with Gasteiger partial charge in [0, 0.05) is 18.9 Å². The number of hydrogen-bond donors (Lipinski definition) is 3. The number of nitrogens with one attached hydrogen (secondary N) is 2. The molecule has 0 bridgehead atoms. The van der Waals surface area contributed by atoms with E-state index in [0.717, 1.165) is 31.5 Å². The molecule has 100 valence electrons. The van der Waals surface area contributed by atoms with Crippen LogP contribution in [0.1, 0.15) is 44.3 Å². The molecule has 0 aliphatic heterocycles. The number of nitrogens with two attached hydrogens (primary N) is 1.